The van der Waals surface area contributed by atoms with Crippen molar-refractivity contribution in [1.29, 1.82) is 0 Å². The van der Waals surface area contributed by atoms with E-state index in [0.717, 1.165) is 29.8 Å². The summed E-state index contributed by atoms with van der Waals surface area (Å²) in [6.07, 6.45) is 10.7. The number of hydrogen-bond donors (Lipinski definition) is 1. The van der Waals surface area contributed by atoms with Crippen molar-refractivity contribution in [2.24, 2.45) is 5.92 Å². The minimum absolute atomic E-state index is 0. The van der Waals surface area contributed by atoms with Crippen molar-refractivity contribution in [1.82, 2.24) is 0 Å². The van der Waals surface area contributed by atoms with E-state index >= 15 is 0 Å². The Morgan fingerprint density at radius 3 is 2.54 bits per heavy atom. The van der Waals surface area contributed by atoms with Gasteiger partial charge in [-0.15, -0.1) is 12.1 Å². The molecule has 3 radical (unpaired) electrons. The zero-order valence-electron chi connectivity index (χ0n) is 15.1. The fraction of sp³-hybridized carbons (Fsp3) is 0.429. The van der Waals surface area contributed by atoms with Crippen molar-refractivity contribution < 1.29 is 19.5 Å². The fourth-order valence-corrected chi connectivity index (χ4v) is 2.81. The number of allylic oxidation sites excluding steroid dienone is 4. The Morgan fingerprint density at radius 2 is 1.96 bits per heavy atom. The second-order valence-corrected chi connectivity index (χ2v) is 5.67. The zero-order chi connectivity index (χ0) is 17.1. The molecular formula is C21H29BNRh-. The normalized spacial score (nSPS) is 20.5. The van der Waals surface area contributed by atoms with Crippen LogP contribution in [0.3, 0.4) is 0 Å². The molecule has 2 rings (SSSR count). The number of anilines is 1. The third-order valence-electron chi connectivity index (χ3n) is 4.01. The zero-order valence-corrected chi connectivity index (χ0v) is 16.8. The third kappa shape index (κ3) is 7.67. The summed E-state index contributed by atoms with van der Waals surface area (Å²) in [5.41, 5.74) is 3.31. The van der Waals surface area contributed by atoms with Crippen LogP contribution in [0.1, 0.15) is 46.5 Å². The molecule has 0 spiro atoms. The molecular weight excluding hydrogens is 380 g/mol. The van der Waals surface area contributed by atoms with Crippen molar-refractivity contribution in [3.05, 3.63) is 66.4 Å². The Morgan fingerprint density at radius 1 is 1.29 bits per heavy atom. The Kier molecular flexibility index (Phi) is 12.7. The maximum absolute atomic E-state index is 6.12. The third-order valence-corrected chi connectivity index (χ3v) is 4.01. The quantitative estimate of drug-likeness (QED) is 0.353. The van der Waals surface area contributed by atoms with Gasteiger partial charge in [0, 0.05) is 25.2 Å². The summed E-state index contributed by atoms with van der Waals surface area (Å²) in [7, 11) is 6.12. The predicted molar refractivity (Wildman–Crippen MR) is 104 cm³/mol. The van der Waals surface area contributed by atoms with Gasteiger partial charge in [-0.2, -0.15) is 18.2 Å². The molecule has 1 aliphatic carbocycles. The van der Waals surface area contributed by atoms with Crippen molar-refractivity contribution in [2.75, 3.05) is 5.32 Å². The average Bonchev–Trinajstić information content (AvgIpc) is 2.60. The van der Waals surface area contributed by atoms with Gasteiger partial charge in [-0.1, -0.05) is 63.3 Å². The summed E-state index contributed by atoms with van der Waals surface area (Å²) in [5, 5.41) is 3.48. The Balaban J connectivity index is 0.00000170. The van der Waals surface area contributed by atoms with Gasteiger partial charge in [-0.25, -0.2) is 0 Å². The minimum Gasteiger partial charge on any atom is -0.378 e. The van der Waals surface area contributed by atoms with E-state index < -0.39 is 0 Å². The molecule has 131 valence electrons. The molecule has 3 heteroatoms. The van der Waals surface area contributed by atoms with Crippen LogP contribution in [0.5, 0.6) is 0 Å². The molecule has 0 aromatic heterocycles. The van der Waals surface area contributed by atoms with E-state index in [2.05, 4.69) is 24.0 Å². The summed E-state index contributed by atoms with van der Waals surface area (Å²) in [6.45, 7) is 10.4. The van der Waals surface area contributed by atoms with Gasteiger partial charge in [0.1, 0.15) is 0 Å². The van der Waals surface area contributed by atoms with E-state index in [9.17, 15) is 0 Å². The Hall–Kier alpha value is -1.07. The van der Waals surface area contributed by atoms with Crippen molar-refractivity contribution in [3.63, 3.8) is 0 Å². The van der Waals surface area contributed by atoms with Crippen LogP contribution in [0.4, 0.5) is 5.69 Å². The molecule has 1 saturated carbocycles. The number of nitrogens with one attached hydrogen (secondary N) is 1. The summed E-state index contributed by atoms with van der Waals surface area (Å²) in [6, 6.07) is 10.9. The molecule has 0 bridgehead atoms. The molecule has 2 unspecified atom stereocenters. The second-order valence-electron chi connectivity index (χ2n) is 5.67. The van der Waals surface area contributed by atoms with Crippen LogP contribution in [0, 0.1) is 12.0 Å². The molecule has 0 heterocycles. The van der Waals surface area contributed by atoms with Crippen LogP contribution >= 0.6 is 0 Å². The van der Waals surface area contributed by atoms with E-state index in [0.29, 0.717) is 11.7 Å². The summed E-state index contributed by atoms with van der Waals surface area (Å²) >= 11 is 0. The standard InChI is InChI=1S/C19H23BN.C2H6.Rh/c1-3-4-13-19(21-18-11-6-5-7-12-18)15(2)16-9-8-10-17(20)14-16;1-2;/h3-4,6-7,11-13,16-17,21H,2,8-10,14H2,1H3;1-2H3;/q-1;;/b4-3-,19-13+;;. The topological polar surface area (TPSA) is 12.0 Å². The van der Waals surface area contributed by atoms with Crippen LogP contribution < -0.4 is 5.32 Å². The van der Waals surface area contributed by atoms with Gasteiger partial charge in [0.15, 0.2) is 0 Å². The van der Waals surface area contributed by atoms with Crippen molar-refractivity contribution >= 4 is 13.5 Å². The minimum atomic E-state index is 0. The average molecular weight is 409 g/mol. The van der Waals surface area contributed by atoms with Gasteiger partial charge in [-0.05, 0) is 30.9 Å². The van der Waals surface area contributed by atoms with Crippen molar-refractivity contribution in [3.8, 4) is 0 Å². The molecule has 0 aliphatic heterocycles. The first-order valence-corrected chi connectivity index (χ1v) is 8.71. The number of hydrogen-bond acceptors (Lipinski definition) is 1. The SMILES string of the molecule is CC.[B]C1CCCC(C(=C)/C(=C\C=C/C)Nc2cc[c-]cc2)C1.[Rh]. The smallest absolute Gasteiger partial charge is 0.0699 e. The van der Waals surface area contributed by atoms with Gasteiger partial charge in [0.2, 0.25) is 0 Å². The van der Waals surface area contributed by atoms with Crippen LogP contribution in [0.15, 0.2) is 60.3 Å². The van der Waals surface area contributed by atoms with Crippen LogP contribution in [-0.2, 0) is 19.5 Å². The molecule has 0 amide bonds. The van der Waals surface area contributed by atoms with Crippen molar-refractivity contribution in [2.45, 2.75) is 52.3 Å². The molecule has 1 aliphatic rings. The maximum Gasteiger partial charge on any atom is 0.0699 e. The van der Waals surface area contributed by atoms with Gasteiger partial charge < -0.3 is 5.32 Å². The molecule has 1 nitrogen and oxygen atoms in total. The summed E-state index contributed by atoms with van der Waals surface area (Å²) in [5.74, 6) is 0.794. The fourth-order valence-electron chi connectivity index (χ4n) is 2.81. The van der Waals surface area contributed by atoms with E-state index in [4.69, 9.17) is 7.85 Å². The monoisotopic (exact) mass is 409 g/mol. The van der Waals surface area contributed by atoms with Crippen LogP contribution in [0.25, 0.3) is 0 Å². The number of benzene rings is 1. The first-order chi connectivity index (χ1) is 11.2. The molecule has 2 atom stereocenters. The van der Waals surface area contributed by atoms with Gasteiger partial charge in [0.25, 0.3) is 0 Å². The molecule has 1 N–H and O–H groups in total. The Bertz CT molecular complexity index is 522. The molecule has 0 saturated heterocycles. The van der Waals surface area contributed by atoms with E-state index in [1.165, 1.54) is 12.8 Å². The van der Waals surface area contributed by atoms with Gasteiger partial charge in [0.05, 0.1) is 7.85 Å². The molecule has 1 aromatic carbocycles. The van der Waals surface area contributed by atoms with Crippen LogP contribution in [0.2, 0.25) is 5.82 Å². The van der Waals surface area contributed by atoms with Crippen LogP contribution in [-0.4, -0.2) is 7.85 Å². The molecule has 1 aromatic rings. The van der Waals surface area contributed by atoms with Gasteiger partial charge in [-0.3, -0.25) is 0 Å². The summed E-state index contributed by atoms with van der Waals surface area (Å²) < 4.78 is 0. The maximum atomic E-state index is 6.12. The largest absolute Gasteiger partial charge is 0.378 e. The Labute approximate surface area is 162 Å². The summed E-state index contributed by atoms with van der Waals surface area (Å²) in [4.78, 5) is 0. The first kappa shape index (κ1) is 22.9. The second kappa shape index (κ2) is 13.2. The van der Waals surface area contributed by atoms with E-state index in [1.807, 2.05) is 57.2 Å². The van der Waals surface area contributed by atoms with E-state index in [-0.39, 0.29) is 19.5 Å². The van der Waals surface area contributed by atoms with Gasteiger partial charge >= 0.3 is 0 Å². The predicted octanol–water partition coefficient (Wildman–Crippen LogP) is 6.09. The van der Waals surface area contributed by atoms with E-state index in [1.54, 1.807) is 0 Å². The number of rotatable bonds is 5. The molecule has 1 fully saturated rings. The first-order valence-electron chi connectivity index (χ1n) is 8.71. The molecule has 24 heavy (non-hydrogen) atoms.